The van der Waals surface area contributed by atoms with Crippen LogP contribution in [0.25, 0.3) is 0 Å². The third-order valence-corrected chi connectivity index (χ3v) is 6.38. The first-order valence-corrected chi connectivity index (χ1v) is 12.3. The Morgan fingerprint density at radius 2 is 1.44 bits per heavy atom. The van der Waals surface area contributed by atoms with Gasteiger partial charge in [0.15, 0.2) is 0 Å². The van der Waals surface area contributed by atoms with Crippen LogP contribution in [0.4, 0.5) is 5.69 Å². The molecule has 4 aromatic carbocycles. The second kappa shape index (κ2) is 12.2. The SMILES string of the molecule is CC(Cc1ccc(O)cc1)N(Cc1ccccc1)CC(O)c1ccc(OCc2ccccc2)c(N)c1. The lowest BCUT2D eigenvalue weighted by Gasteiger charge is -2.31. The normalized spacial score (nSPS) is 12.9. The average molecular weight is 483 g/mol. The number of hydrogen-bond donors (Lipinski definition) is 3. The van der Waals surface area contributed by atoms with Crippen molar-refractivity contribution in [3.05, 3.63) is 125 Å². The number of aliphatic hydroxyl groups excluding tert-OH is 1. The van der Waals surface area contributed by atoms with Crippen molar-refractivity contribution in [3.8, 4) is 11.5 Å². The molecular weight excluding hydrogens is 448 g/mol. The molecular formula is C31H34N2O3. The van der Waals surface area contributed by atoms with Crippen molar-refractivity contribution in [2.75, 3.05) is 12.3 Å². The summed E-state index contributed by atoms with van der Waals surface area (Å²) in [5.41, 5.74) is 10.9. The molecule has 4 aromatic rings. The smallest absolute Gasteiger partial charge is 0.142 e. The van der Waals surface area contributed by atoms with E-state index in [-0.39, 0.29) is 11.8 Å². The Hall–Kier alpha value is -3.80. The Morgan fingerprint density at radius 3 is 2.08 bits per heavy atom. The Morgan fingerprint density at radius 1 is 0.806 bits per heavy atom. The number of nitrogens with zero attached hydrogens (tertiary/aromatic N) is 1. The van der Waals surface area contributed by atoms with Crippen molar-refractivity contribution in [1.29, 1.82) is 0 Å². The fourth-order valence-electron chi connectivity index (χ4n) is 4.29. The molecule has 2 atom stereocenters. The maximum atomic E-state index is 11.2. The first kappa shape index (κ1) is 25.3. The number of phenols is 1. The molecule has 0 aromatic heterocycles. The molecule has 36 heavy (non-hydrogen) atoms. The first-order chi connectivity index (χ1) is 17.5. The van der Waals surface area contributed by atoms with Crippen LogP contribution in [0.5, 0.6) is 11.5 Å². The summed E-state index contributed by atoms with van der Waals surface area (Å²) in [4.78, 5) is 2.28. The molecule has 2 unspecified atom stereocenters. The van der Waals surface area contributed by atoms with Crippen LogP contribution in [-0.4, -0.2) is 27.7 Å². The zero-order valence-electron chi connectivity index (χ0n) is 20.6. The Bertz CT molecular complexity index is 1210. The van der Waals surface area contributed by atoms with Gasteiger partial charge in [0.1, 0.15) is 18.1 Å². The molecule has 0 fully saturated rings. The van der Waals surface area contributed by atoms with E-state index in [0.717, 1.165) is 23.1 Å². The largest absolute Gasteiger partial charge is 0.508 e. The molecule has 0 spiro atoms. The van der Waals surface area contributed by atoms with Crippen LogP contribution in [0.1, 0.15) is 35.3 Å². The summed E-state index contributed by atoms with van der Waals surface area (Å²) < 4.78 is 5.90. The van der Waals surface area contributed by atoms with Crippen molar-refractivity contribution < 1.29 is 14.9 Å². The van der Waals surface area contributed by atoms with Gasteiger partial charge >= 0.3 is 0 Å². The van der Waals surface area contributed by atoms with Crippen molar-refractivity contribution in [1.82, 2.24) is 4.90 Å². The van der Waals surface area contributed by atoms with Crippen LogP contribution in [0.3, 0.4) is 0 Å². The molecule has 4 rings (SSSR count). The van der Waals surface area contributed by atoms with E-state index in [0.29, 0.717) is 31.1 Å². The van der Waals surface area contributed by atoms with Gasteiger partial charge in [-0.1, -0.05) is 78.9 Å². The number of hydrogen-bond acceptors (Lipinski definition) is 5. The fraction of sp³-hybridized carbons (Fsp3) is 0.226. The van der Waals surface area contributed by atoms with Gasteiger partial charge in [-0.3, -0.25) is 4.90 Å². The monoisotopic (exact) mass is 482 g/mol. The maximum Gasteiger partial charge on any atom is 0.142 e. The summed E-state index contributed by atoms with van der Waals surface area (Å²) in [6.07, 6.45) is 0.0928. The molecule has 0 aliphatic carbocycles. The van der Waals surface area contributed by atoms with Gasteiger partial charge in [-0.25, -0.2) is 0 Å². The van der Waals surface area contributed by atoms with Crippen molar-refractivity contribution >= 4 is 5.69 Å². The van der Waals surface area contributed by atoms with Gasteiger partial charge in [0.05, 0.1) is 11.8 Å². The van der Waals surface area contributed by atoms with E-state index in [1.165, 1.54) is 5.56 Å². The lowest BCUT2D eigenvalue weighted by Crippen LogP contribution is -2.37. The van der Waals surface area contributed by atoms with E-state index < -0.39 is 6.10 Å². The third-order valence-electron chi connectivity index (χ3n) is 6.38. The van der Waals surface area contributed by atoms with Crippen LogP contribution in [0.2, 0.25) is 0 Å². The van der Waals surface area contributed by atoms with Crippen LogP contribution < -0.4 is 10.5 Å². The van der Waals surface area contributed by atoms with Crippen LogP contribution in [0, 0.1) is 0 Å². The van der Waals surface area contributed by atoms with E-state index in [1.54, 1.807) is 18.2 Å². The Labute approximate surface area is 213 Å². The number of nitrogens with two attached hydrogens (primary N) is 1. The van der Waals surface area contributed by atoms with E-state index in [9.17, 15) is 10.2 Å². The second-order valence-corrected chi connectivity index (χ2v) is 9.22. The summed E-state index contributed by atoms with van der Waals surface area (Å²) in [6, 6.07) is 33.2. The maximum absolute atomic E-state index is 11.2. The van der Waals surface area contributed by atoms with Crippen LogP contribution >= 0.6 is 0 Å². The minimum atomic E-state index is -0.707. The molecule has 0 radical (unpaired) electrons. The van der Waals surface area contributed by atoms with Crippen LogP contribution in [-0.2, 0) is 19.6 Å². The molecule has 0 amide bonds. The predicted molar refractivity (Wildman–Crippen MR) is 145 cm³/mol. The highest BCUT2D eigenvalue weighted by molar-refractivity contribution is 5.54. The number of aliphatic hydroxyl groups is 1. The van der Waals surface area contributed by atoms with Gasteiger partial charge < -0.3 is 20.7 Å². The minimum absolute atomic E-state index is 0.162. The predicted octanol–water partition coefficient (Wildman–Crippen LogP) is 5.72. The quantitative estimate of drug-likeness (QED) is 0.238. The molecule has 0 saturated carbocycles. The summed E-state index contributed by atoms with van der Waals surface area (Å²) in [5, 5.41) is 20.8. The summed E-state index contributed by atoms with van der Waals surface area (Å²) in [6.45, 7) is 3.77. The highest BCUT2D eigenvalue weighted by Crippen LogP contribution is 2.28. The third kappa shape index (κ3) is 7.11. The summed E-state index contributed by atoms with van der Waals surface area (Å²) in [5.74, 6) is 0.869. The molecule has 186 valence electrons. The molecule has 0 saturated heterocycles. The second-order valence-electron chi connectivity index (χ2n) is 9.22. The molecule has 4 N–H and O–H groups in total. The molecule has 0 heterocycles. The average Bonchev–Trinajstić information content (AvgIpc) is 2.90. The zero-order chi connectivity index (χ0) is 25.3. The Balaban J connectivity index is 1.45. The topological polar surface area (TPSA) is 79.0 Å². The first-order valence-electron chi connectivity index (χ1n) is 12.3. The van der Waals surface area contributed by atoms with Crippen molar-refractivity contribution in [3.63, 3.8) is 0 Å². The lowest BCUT2D eigenvalue weighted by atomic mass is 10.0. The molecule has 5 nitrogen and oxygen atoms in total. The van der Waals surface area contributed by atoms with E-state index in [2.05, 4.69) is 24.0 Å². The molecule has 0 aliphatic rings. The number of aromatic hydroxyl groups is 1. The van der Waals surface area contributed by atoms with Gasteiger partial charge in [0.25, 0.3) is 0 Å². The molecule has 5 heteroatoms. The number of rotatable bonds is 11. The highest BCUT2D eigenvalue weighted by atomic mass is 16.5. The number of anilines is 1. The standard InChI is InChI=1S/C31H34N2O3/c1-23(18-24-12-15-28(34)16-13-24)33(20-25-8-4-2-5-9-25)21-30(35)27-14-17-31(29(32)19-27)36-22-26-10-6-3-7-11-26/h2-17,19,23,30,34-35H,18,20-22,32H2,1H3. The fourth-order valence-corrected chi connectivity index (χ4v) is 4.29. The Kier molecular flexibility index (Phi) is 8.61. The summed E-state index contributed by atoms with van der Waals surface area (Å²) >= 11 is 0. The molecule has 0 aliphatic heterocycles. The van der Waals surface area contributed by atoms with Crippen molar-refractivity contribution in [2.45, 2.75) is 38.6 Å². The van der Waals surface area contributed by atoms with Gasteiger partial charge in [-0.2, -0.15) is 0 Å². The van der Waals surface area contributed by atoms with E-state index in [1.807, 2.05) is 72.8 Å². The summed E-state index contributed by atoms with van der Waals surface area (Å²) in [7, 11) is 0. The molecule has 0 bridgehead atoms. The van der Waals surface area contributed by atoms with Gasteiger partial charge in [-0.15, -0.1) is 0 Å². The number of benzene rings is 4. The van der Waals surface area contributed by atoms with Gasteiger partial charge in [0.2, 0.25) is 0 Å². The van der Waals surface area contributed by atoms with E-state index in [4.69, 9.17) is 10.5 Å². The van der Waals surface area contributed by atoms with Gasteiger partial charge in [-0.05, 0) is 59.9 Å². The highest BCUT2D eigenvalue weighted by Gasteiger charge is 2.20. The van der Waals surface area contributed by atoms with Crippen molar-refractivity contribution in [2.24, 2.45) is 0 Å². The number of nitrogen functional groups attached to an aromatic ring is 1. The van der Waals surface area contributed by atoms with E-state index >= 15 is 0 Å². The number of ether oxygens (including phenoxy) is 1. The lowest BCUT2D eigenvalue weighted by molar-refractivity contribution is 0.0859. The minimum Gasteiger partial charge on any atom is -0.508 e. The van der Waals surface area contributed by atoms with Gasteiger partial charge in [0, 0.05) is 19.1 Å². The zero-order valence-corrected chi connectivity index (χ0v) is 20.6. The number of phenolic OH excluding ortho intramolecular Hbond substituents is 1. The van der Waals surface area contributed by atoms with Crippen LogP contribution in [0.15, 0.2) is 103 Å².